The fraction of sp³-hybridized carbons (Fsp3) is 0.583. The molecule has 190 valence electrons. The molecule has 2 bridgehead atoms. The number of amides is 1. The Hall–Kier alpha value is -1.65. The molecule has 0 N–H and O–H groups in total. The lowest BCUT2D eigenvalue weighted by Gasteiger charge is -2.48. The average molecular weight is 587 g/mol. The van der Waals surface area contributed by atoms with Gasteiger partial charge in [0.1, 0.15) is 21.5 Å². The van der Waals surface area contributed by atoms with Crippen molar-refractivity contribution in [3.8, 4) is 0 Å². The molecule has 2 fully saturated rings. The molecule has 7 nitrogen and oxygen atoms in total. The van der Waals surface area contributed by atoms with Crippen molar-refractivity contribution < 1.29 is 13.9 Å². The molecule has 4 heterocycles. The number of nitrogens with zero attached hydrogens (tertiary/aromatic N) is 5. The minimum absolute atomic E-state index is 0.0630. The van der Waals surface area contributed by atoms with Crippen LogP contribution in [0.25, 0.3) is 10.9 Å². The Labute approximate surface area is 223 Å². The zero-order valence-corrected chi connectivity index (χ0v) is 23.7. The smallest absolute Gasteiger partial charge is 0.410 e. The number of piperazine rings is 1. The van der Waals surface area contributed by atoms with Gasteiger partial charge in [0.15, 0.2) is 16.1 Å². The number of hydrogen-bond acceptors (Lipinski definition) is 7. The summed E-state index contributed by atoms with van der Waals surface area (Å²) in [6.07, 6.45) is 2.08. The van der Waals surface area contributed by atoms with Gasteiger partial charge in [-0.3, -0.25) is 4.90 Å². The van der Waals surface area contributed by atoms with E-state index in [-0.39, 0.29) is 34.9 Å². The van der Waals surface area contributed by atoms with E-state index >= 15 is 4.39 Å². The van der Waals surface area contributed by atoms with Gasteiger partial charge in [-0.15, -0.1) is 0 Å². The molecule has 2 aliphatic heterocycles. The highest BCUT2D eigenvalue weighted by molar-refractivity contribution is 9.10. The van der Waals surface area contributed by atoms with Gasteiger partial charge in [-0.25, -0.2) is 24.1 Å². The van der Waals surface area contributed by atoms with Crippen LogP contribution in [0.3, 0.4) is 0 Å². The number of carbonyl (C=O) groups is 1. The predicted molar refractivity (Wildman–Crippen MR) is 142 cm³/mol. The van der Waals surface area contributed by atoms with E-state index in [2.05, 4.69) is 37.4 Å². The predicted octanol–water partition coefficient (Wildman–Crippen LogP) is 6.61. The highest BCUT2D eigenvalue weighted by Crippen LogP contribution is 2.43. The van der Waals surface area contributed by atoms with Gasteiger partial charge >= 0.3 is 6.09 Å². The molecule has 2 aliphatic rings. The van der Waals surface area contributed by atoms with E-state index < -0.39 is 11.4 Å². The van der Waals surface area contributed by atoms with E-state index in [0.29, 0.717) is 27.5 Å². The summed E-state index contributed by atoms with van der Waals surface area (Å²) < 4.78 is 21.3. The maximum Gasteiger partial charge on any atom is 0.410 e. The summed E-state index contributed by atoms with van der Waals surface area (Å²) in [4.78, 5) is 30.7. The van der Waals surface area contributed by atoms with Gasteiger partial charge in [-0.2, -0.15) is 0 Å². The van der Waals surface area contributed by atoms with Crippen molar-refractivity contribution in [3.05, 3.63) is 27.7 Å². The maximum atomic E-state index is 15.1. The number of anilines is 1. The molecule has 0 aliphatic carbocycles. The van der Waals surface area contributed by atoms with E-state index in [1.165, 1.54) is 11.8 Å². The zero-order chi connectivity index (χ0) is 25.7. The van der Waals surface area contributed by atoms with Crippen molar-refractivity contribution in [2.24, 2.45) is 0 Å². The molecule has 0 saturated carbocycles. The second-order valence-corrected chi connectivity index (χ2v) is 12.1. The fourth-order valence-corrected chi connectivity index (χ4v) is 6.32. The lowest BCUT2D eigenvalue weighted by atomic mass is 9.94. The highest BCUT2D eigenvalue weighted by Gasteiger charge is 2.51. The van der Waals surface area contributed by atoms with Crippen LogP contribution < -0.4 is 4.90 Å². The van der Waals surface area contributed by atoms with E-state index in [0.717, 1.165) is 30.6 Å². The first-order valence-electron chi connectivity index (χ1n) is 11.8. The standard InChI is InChI=1S/C24H30BrClFN5O2S/c1-7-12(3)18-14-10-9-13(32(14)23(33)34-24(4,5)6)11-31(18)21-15-17(28-22(30-21)35-8-2)16(27)20(26)29-19(15)25/h13-14,18H,3,7-11H2,1-2,4-6H3/t13-,14+,18+/m1/s1. The van der Waals surface area contributed by atoms with Crippen LogP contribution in [0.4, 0.5) is 15.0 Å². The van der Waals surface area contributed by atoms with Gasteiger partial charge in [0.05, 0.1) is 23.5 Å². The summed E-state index contributed by atoms with van der Waals surface area (Å²) in [5, 5.41) is 0.683. The highest BCUT2D eigenvalue weighted by atomic mass is 79.9. The third kappa shape index (κ3) is 4.98. The van der Waals surface area contributed by atoms with E-state index in [1.807, 2.05) is 39.5 Å². The van der Waals surface area contributed by atoms with Gasteiger partial charge in [0.25, 0.3) is 0 Å². The average Bonchev–Trinajstić information content (AvgIpc) is 3.09. The minimum Gasteiger partial charge on any atom is -0.444 e. The Kier molecular flexibility index (Phi) is 7.56. The Morgan fingerprint density at radius 3 is 2.63 bits per heavy atom. The van der Waals surface area contributed by atoms with Crippen molar-refractivity contribution >= 4 is 62.1 Å². The van der Waals surface area contributed by atoms with E-state index in [9.17, 15) is 4.79 Å². The number of carbonyl (C=O) groups excluding carboxylic acids is 1. The van der Waals surface area contributed by atoms with Crippen LogP contribution in [-0.2, 0) is 4.74 Å². The molecule has 2 saturated heterocycles. The topological polar surface area (TPSA) is 71.5 Å². The number of ether oxygens (including phenoxy) is 1. The molecule has 0 spiro atoms. The van der Waals surface area contributed by atoms with Crippen LogP contribution in [0.15, 0.2) is 21.9 Å². The first-order valence-corrected chi connectivity index (χ1v) is 13.9. The van der Waals surface area contributed by atoms with Gasteiger partial charge in [-0.05, 0) is 61.7 Å². The van der Waals surface area contributed by atoms with Gasteiger partial charge in [0, 0.05) is 6.54 Å². The molecule has 0 radical (unpaired) electrons. The number of pyridine rings is 1. The maximum absolute atomic E-state index is 15.1. The Morgan fingerprint density at radius 1 is 1.29 bits per heavy atom. The number of halogens is 3. The summed E-state index contributed by atoms with van der Waals surface area (Å²) in [7, 11) is 0. The van der Waals surface area contributed by atoms with Crippen LogP contribution in [0.1, 0.15) is 53.9 Å². The van der Waals surface area contributed by atoms with Crippen LogP contribution in [0, 0.1) is 5.82 Å². The second kappa shape index (κ2) is 10.0. The monoisotopic (exact) mass is 585 g/mol. The number of aromatic nitrogens is 3. The Morgan fingerprint density at radius 2 is 2.00 bits per heavy atom. The second-order valence-electron chi connectivity index (χ2n) is 9.79. The zero-order valence-electron chi connectivity index (χ0n) is 20.6. The lowest BCUT2D eigenvalue weighted by molar-refractivity contribution is 0.00902. The van der Waals surface area contributed by atoms with Gasteiger partial charge in [0.2, 0.25) is 0 Å². The molecule has 11 heteroatoms. The molecule has 1 amide bonds. The molecule has 4 rings (SSSR count). The first-order chi connectivity index (χ1) is 16.5. The van der Waals surface area contributed by atoms with Crippen molar-refractivity contribution in [1.82, 2.24) is 19.9 Å². The SMILES string of the molecule is C=C(CC)[C@H]1[C@@H]2CC[C@H](CN1c1nc(SCC)nc3c(F)c(Cl)nc(Br)c13)N2C(=O)OC(C)(C)C. The molecule has 2 aromatic heterocycles. The number of fused-ring (bicyclic) bond motifs is 3. The van der Waals surface area contributed by atoms with Gasteiger partial charge in [-0.1, -0.05) is 49.4 Å². The quantitative estimate of drug-likeness (QED) is 0.169. The number of rotatable bonds is 5. The third-order valence-electron chi connectivity index (χ3n) is 6.34. The molecular weight excluding hydrogens is 557 g/mol. The molecule has 2 aromatic rings. The summed E-state index contributed by atoms with van der Waals surface area (Å²) in [6, 6.07) is -0.409. The van der Waals surface area contributed by atoms with Crippen molar-refractivity contribution in [2.45, 2.75) is 82.8 Å². The largest absolute Gasteiger partial charge is 0.444 e. The van der Waals surface area contributed by atoms with Gasteiger partial charge < -0.3 is 9.64 Å². The Bertz CT molecular complexity index is 1180. The molecule has 3 atom stereocenters. The minimum atomic E-state index is -0.673. The number of thioether (sulfide) groups is 1. The normalized spacial score (nSPS) is 22.1. The first kappa shape index (κ1) is 26.4. The van der Waals surface area contributed by atoms with Crippen molar-refractivity contribution in [2.75, 3.05) is 17.2 Å². The van der Waals surface area contributed by atoms with Crippen LogP contribution in [-0.4, -0.2) is 62.0 Å². The summed E-state index contributed by atoms with van der Waals surface area (Å²) >= 11 is 11.0. The van der Waals surface area contributed by atoms with Crippen LogP contribution in [0.5, 0.6) is 0 Å². The van der Waals surface area contributed by atoms with Crippen molar-refractivity contribution in [3.63, 3.8) is 0 Å². The Balaban J connectivity index is 1.87. The van der Waals surface area contributed by atoms with Crippen LogP contribution in [0.2, 0.25) is 5.15 Å². The summed E-state index contributed by atoms with van der Waals surface area (Å²) in [5.41, 5.74) is 0.507. The molecule has 0 unspecified atom stereocenters. The summed E-state index contributed by atoms with van der Waals surface area (Å²) in [6.45, 7) is 14.5. The van der Waals surface area contributed by atoms with E-state index in [1.54, 1.807) is 0 Å². The molecule has 0 aromatic carbocycles. The van der Waals surface area contributed by atoms with Crippen LogP contribution >= 0.6 is 39.3 Å². The fourth-order valence-electron chi connectivity index (χ4n) is 4.94. The third-order valence-corrected chi connectivity index (χ3v) is 7.89. The summed E-state index contributed by atoms with van der Waals surface area (Å²) in [5.74, 6) is 0.629. The number of hydrogen-bond donors (Lipinski definition) is 0. The van der Waals surface area contributed by atoms with Crippen molar-refractivity contribution in [1.29, 1.82) is 0 Å². The van der Waals surface area contributed by atoms with E-state index in [4.69, 9.17) is 21.3 Å². The molecular formula is C24H30BrClFN5O2S. The molecule has 35 heavy (non-hydrogen) atoms. The lowest BCUT2D eigenvalue weighted by Crippen LogP contribution is -2.62.